The molecule has 2 aromatic rings. The fourth-order valence-corrected chi connectivity index (χ4v) is 2.72. The maximum atomic E-state index is 8.81. The Balaban J connectivity index is 2.17. The van der Waals surface area contributed by atoms with Crippen molar-refractivity contribution in [2.45, 2.75) is 44.0 Å². The van der Waals surface area contributed by atoms with Gasteiger partial charge in [0.2, 0.25) is 5.16 Å². The number of thioether (sulfide) groups is 1. The van der Waals surface area contributed by atoms with Crippen LogP contribution in [0.5, 0.6) is 0 Å². The average Bonchev–Trinajstić information content (AvgIpc) is 2.69. The molecule has 2 heterocycles. The zero-order valence-electron chi connectivity index (χ0n) is 10.9. The van der Waals surface area contributed by atoms with Gasteiger partial charge in [-0.15, -0.1) is 5.10 Å². The molecule has 1 atom stereocenters. The predicted molar refractivity (Wildman–Crippen MR) is 71.9 cm³/mol. The minimum absolute atomic E-state index is 0.239. The Morgan fingerprint density at radius 3 is 2.89 bits per heavy atom. The van der Waals surface area contributed by atoms with Gasteiger partial charge < -0.3 is 5.11 Å². The Morgan fingerprint density at radius 2 is 2.17 bits per heavy atom. The lowest BCUT2D eigenvalue weighted by molar-refractivity contribution is 0.284. The number of aromatic nitrogens is 4. The molecule has 0 radical (unpaired) electrons. The number of aryl methyl sites for hydroxylation is 2. The molecular weight excluding hydrogens is 248 g/mol. The van der Waals surface area contributed by atoms with Gasteiger partial charge in [-0.25, -0.2) is 9.50 Å². The van der Waals surface area contributed by atoms with Crippen LogP contribution in [0.3, 0.4) is 0 Å². The summed E-state index contributed by atoms with van der Waals surface area (Å²) in [7, 11) is 0. The van der Waals surface area contributed by atoms with Crippen LogP contribution in [0.25, 0.3) is 5.78 Å². The smallest absolute Gasteiger partial charge is 0.253 e. The Hall–Kier alpha value is -1.14. The summed E-state index contributed by atoms with van der Waals surface area (Å²) in [5.41, 5.74) is 2.00. The number of fused-ring (bicyclic) bond motifs is 1. The number of aliphatic hydroxyl groups excluding tert-OH is 1. The molecule has 5 nitrogen and oxygen atoms in total. The molecule has 18 heavy (non-hydrogen) atoms. The molecule has 0 bridgehead atoms. The van der Waals surface area contributed by atoms with Gasteiger partial charge in [-0.3, -0.25) is 0 Å². The summed E-state index contributed by atoms with van der Waals surface area (Å²) < 4.78 is 1.77. The van der Waals surface area contributed by atoms with E-state index in [2.05, 4.69) is 22.0 Å². The number of nitrogens with zero attached hydrogens (tertiary/aromatic N) is 4. The highest BCUT2D eigenvalue weighted by Crippen LogP contribution is 2.23. The Kier molecular flexibility index (Phi) is 4.19. The van der Waals surface area contributed by atoms with E-state index in [0.29, 0.717) is 11.0 Å². The highest BCUT2D eigenvalue weighted by molar-refractivity contribution is 7.99. The number of hydrogen-bond donors (Lipinski definition) is 1. The van der Waals surface area contributed by atoms with E-state index in [-0.39, 0.29) is 6.61 Å². The van der Waals surface area contributed by atoms with E-state index in [4.69, 9.17) is 5.11 Å². The highest BCUT2D eigenvalue weighted by atomic mass is 32.2. The van der Waals surface area contributed by atoms with Crippen molar-refractivity contribution in [3.8, 4) is 0 Å². The van der Waals surface area contributed by atoms with Gasteiger partial charge in [0.25, 0.3) is 5.78 Å². The molecule has 0 spiro atoms. The summed E-state index contributed by atoms with van der Waals surface area (Å²) in [6, 6.07) is 1.99. The van der Waals surface area contributed by atoms with E-state index in [1.165, 1.54) is 0 Å². The molecule has 0 fully saturated rings. The van der Waals surface area contributed by atoms with Crippen molar-refractivity contribution in [1.29, 1.82) is 0 Å². The first kappa shape index (κ1) is 13.3. The van der Waals surface area contributed by atoms with E-state index in [0.717, 1.165) is 29.4 Å². The molecule has 0 amide bonds. The second kappa shape index (κ2) is 5.67. The van der Waals surface area contributed by atoms with E-state index < -0.39 is 0 Å². The summed E-state index contributed by atoms with van der Waals surface area (Å²) in [6.45, 7) is 6.32. The van der Waals surface area contributed by atoms with E-state index in [1.807, 2.05) is 19.9 Å². The second-order valence-corrected chi connectivity index (χ2v) is 5.84. The van der Waals surface area contributed by atoms with Crippen molar-refractivity contribution >= 4 is 17.5 Å². The summed E-state index contributed by atoms with van der Waals surface area (Å²) >= 11 is 1.63. The first-order valence-corrected chi connectivity index (χ1v) is 6.96. The average molecular weight is 266 g/mol. The predicted octanol–water partition coefficient (Wildman–Crippen LogP) is 1.99. The number of rotatable bonds is 5. The van der Waals surface area contributed by atoms with Crippen molar-refractivity contribution in [1.82, 2.24) is 19.6 Å². The summed E-state index contributed by atoms with van der Waals surface area (Å²) in [5.74, 6) is 0.657. The number of aliphatic hydroxyl groups is 1. The molecule has 1 unspecified atom stereocenters. The largest absolute Gasteiger partial charge is 0.396 e. The van der Waals surface area contributed by atoms with Crippen LogP contribution in [0, 0.1) is 13.8 Å². The molecule has 0 saturated heterocycles. The van der Waals surface area contributed by atoms with Gasteiger partial charge in [0.15, 0.2) is 0 Å². The summed E-state index contributed by atoms with van der Waals surface area (Å²) in [6.07, 6.45) is 1.78. The van der Waals surface area contributed by atoms with Gasteiger partial charge in [-0.05, 0) is 32.8 Å². The van der Waals surface area contributed by atoms with Crippen LogP contribution in [0.15, 0.2) is 11.2 Å². The Bertz CT molecular complexity index is 540. The van der Waals surface area contributed by atoms with Gasteiger partial charge in [0, 0.05) is 23.2 Å². The maximum absolute atomic E-state index is 8.81. The van der Waals surface area contributed by atoms with Crippen LogP contribution >= 0.6 is 11.8 Å². The molecule has 2 rings (SSSR count). The molecule has 0 saturated carbocycles. The van der Waals surface area contributed by atoms with Crippen LogP contribution in [0.2, 0.25) is 0 Å². The topological polar surface area (TPSA) is 63.3 Å². The highest BCUT2D eigenvalue weighted by Gasteiger charge is 2.11. The van der Waals surface area contributed by atoms with Crippen LogP contribution in [0.4, 0.5) is 0 Å². The molecule has 6 heteroatoms. The molecular formula is C12H18N4OS. The third kappa shape index (κ3) is 3.00. The lowest BCUT2D eigenvalue weighted by Crippen LogP contribution is -1.99. The summed E-state index contributed by atoms with van der Waals surface area (Å²) in [4.78, 5) is 8.79. The number of hydrogen-bond acceptors (Lipinski definition) is 5. The molecule has 98 valence electrons. The van der Waals surface area contributed by atoms with Gasteiger partial charge >= 0.3 is 0 Å². The monoisotopic (exact) mass is 266 g/mol. The molecule has 0 aliphatic carbocycles. The molecule has 0 aromatic carbocycles. The van der Waals surface area contributed by atoms with Gasteiger partial charge in [-0.1, -0.05) is 18.7 Å². The summed E-state index contributed by atoms with van der Waals surface area (Å²) in [5, 5.41) is 14.4. The Morgan fingerprint density at radius 1 is 1.39 bits per heavy atom. The van der Waals surface area contributed by atoms with Gasteiger partial charge in [0.1, 0.15) is 0 Å². The SMILES string of the molecule is Cc1cc(C)n2nc(SC(C)CCCO)nc2n1. The quantitative estimate of drug-likeness (QED) is 0.839. The van der Waals surface area contributed by atoms with Crippen LogP contribution in [-0.2, 0) is 0 Å². The Labute approximate surface area is 111 Å². The van der Waals surface area contributed by atoms with E-state index >= 15 is 0 Å². The minimum Gasteiger partial charge on any atom is -0.396 e. The minimum atomic E-state index is 0.239. The molecule has 2 aromatic heterocycles. The zero-order chi connectivity index (χ0) is 13.1. The van der Waals surface area contributed by atoms with Gasteiger partial charge in [-0.2, -0.15) is 4.98 Å². The van der Waals surface area contributed by atoms with E-state index in [1.54, 1.807) is 16.3 Å². The van der Waals surface area contributed by atoms with Crippen molar-refractivity contribution in [3.63, 3.8) is 0 Å². The van der Waals surface area contributed by atoms with E-state index in [9.17, 15) is 0 Å². The lowest BCUT2D eigenvalue weighted by atomic mass is 10.3. The standard InChI is InChI=1S/C12H18N4OS/c1-8-7-9(2)16-11(13-8)14-12(15-16)18-10(3)5-4-6-17/h7,10,17H,4-6H2,1-3H3. The van der Waals surface area contributed by atoms with Crippen LogP contribution in [0.1, 0.15) is 31.2 Å². The lowest BCUT2D eigenvalue weighted by Gasteiger charge is -2.05. The van der Waals surface area contributed by atoms with Crippen LogP contribution in [-0.4, -0.2) is 36.5 Å². The normalized spacial score (nSPS) is 13.1. The first-order valence-electron chi connectivity index (χ1n) is 6.08. The van der Waals surface area contributed by atoms with Crippen LogP contribution < -0.4 is 0 Å². The van der Waals surface area contributed by atoms with Crippen molar-refractivity contribution in [2.24, 2.45) is 0 Å². The van der Waals surface area contributed by atoms with Gasteiger partial charge in [0.05, 0.1) is 0 Å². The second-order valence-electron chi connectivity index (χ2n) is 4.44. The molecule has 0 aliphatic rings. The maximum Gasteiger partial charge on any atom is 0.253 e. The molecule has 0 aliphatic heterocycles. The zero-order valence-corrected chi connectivity index (χ0v) is 11.7. The third-order valence-corrected chi connectivity index (χ3v) is 3.70. The fourth-order valence-electron chi connectivity index (χ4n) is 1.82. The van der Waals surface area contributed by atoms with Crippen molar-refractivity contribution in [3.05, 3.63) is 17.5 Å². The molecule has 1 N–H and O–H groups in total. The van der Waals surface area contributed by atoms with Crippen molar-refractivity contribution < 1.29 is 5.11 Å². The fraction of sp³-hybridized carbons (Fsp3) is 0.583. The van der Waals surface area contributed by atoms with Crippen molar-refractivity contribution in [2.75, 3.05) is 6.61 Å². The third-order valence-electron chi connectivity index (χ3n) is 2.67. The first-order chi connectivity index (χ1) is 8.60.